The maximum atomic E-state index is 12.4. The van der Waals surface area contributed by atoms with Crippen molar-refractivity contribution < 1.29 is 14.7 Å². The molecule has 0 spiro atoms. The van der Waals surface area contributed by atoms with Gasteiger partial charge in [0.25, 0.3) is 0 Å². The second kappa shape index (κ2) is 6.93. The SMILES string of the molecule is CC1CCCN(C(=O)Nc2c(Br)cccc2C(=O)O)CC1. The van der Waals surface area contributed by atoms with Gasteiger partial charge >= 0.3 is 12.0 Å². The number of amides is 2. The van der Waals surface area contributed by atoms with Gasteiger partial charge in [-0.2, -0.15) is 0 Å². The van der Waals surface area contributed by atoms with Gasteiger partial charge in [-0.05, 0) is 53.2 Å². The fraction of sp³-hybridized carbons (Fsp3) is 0.467. The lowest BCUT2D eigenvalue weighted by Crippen LogP contribution is -2.36. The van der Waals surface area contributed by atoms with Crippen LogP contribution in [-0.4, -0.2) is 35.1 Å². The number of aromatic carboxylic acids is 1. The molecular formula is C15H19BrN2O3. The number of benzene rings is 1. The van der Waals surface area contributed by atoms with Crippen molar-refractivity contribution in [1.82, 2.24) is 4.90 Å². The molecule has 2 amide bonds. The summed E-state index contributed by atoms with van der Waals surface area (Å²) in [6, 6.07) is 4.59. The lowest BCUT2D eigenvalue weighted by atomic mass is 10.0. The zero-order valence-electron chi connectivity index (χ0n) is 11.9. The van der Waals surface area contributed by atoms with Gasteiger partial charge in [-0.1, -0.05) is 13.0 Å². The second-order valence-corrected chi connectivity index (χ2v) is 6.28. The molecule has 2 rings (SSSR count). The van der Waals surface area contributed by atoms with Crippen molar-refractivity contribution in [3.8, 4) is 0 Å². The van der Waals surface area contributed by atoms with Gasteiger partial charge in [-0.3, -0.25) is 0 Å². The summed E-state index contributed by atoms with van der Waals surface area (Å²) in [6.07, 6.45) is 3.09. The second-order valence-electron chi connectivity index (χ2n) is 5.42. The molecule has 6 heteroatoms. The van der Waals surface area contributed by atoms with Crippen LogP contribution in [0, 0.1) is 5.92 Å². The van der Waals surface area contributed by atoms with Crippen LogP contribution >= 0.6 is 15.9 Å². The van der Waals surface area contributed by atoms with E-state index in [1.165, 1.54) is 6.07 Å². The zero-order chi connectivity index (χ0) is 15.4. The van der Waals surface area contributed by atoms with Crippen LogP contribution in [0.4, 0.5) is 10.5 Å². The van der Waals surface area contributed by atoms with E-state index < -0.39 is 5.97 Å². The highest BCUT2D eigenvalue weighted by Crippen LogP contribution is 2.27. The molecule has 1 heterocycles. The van der Waals surface area contributed by atoms with E-state index in [9.17, 15) is 14.7 Å². The molecule has 5 nitrogen and oxygen atoms in total. The van der Waals surface area contributed by atoms with Crippen molar-refractivity contribution in [3.05, 3.63) is 28.2 Å². The minimum atomic E-state index is -1.06. The predicted molar refractivity (Wildman–Crippen MR) is 84.7 cm³/mol. The van der Waals surface area contributed by atoms with Crippen LogP contribution in [0.5, 0.6) is 0 Å². The van der Waals surface area contributed by atoms with Crippen LogP contribution in [0.3, 0.4) is 0 Å². The van der Waals surface area contributed by atoms with Crippen LogP contribution in [0.15, 0.2) is 22.7 Å². The van der Waals surface area contributed by atoms with E-state index in [1.807, 2.05) is 0 Å². The van der Waals surface area contributed by atoms with Gasteiger partial charge < -0.3 is 15.3 Å². The molecule has 0 saturated carbocycles. The van der Waals surface area contributed by atoms with E-state index >= 15 is 0 Å². The number of rotatable bonds is 2. The normalized spacial score (nSPS) is 19.0. The highest BCUT2D eigenvalue weighted by atomic mass is 79.9. The summed E-state index contributed by atoms with van der Waals surface area (Å²) in [4.78, 5) is 25.4. The monoisotopic (exact) mass is 354 g/mol. The number of nitrogens with zero attached hydrogens (tertiary/aromatic N) is 1. The minimum absolute atomic E-state index is 0.0842. The summed E-state index contributed by atoms with van der Waals surface area (Å²) in [6.45, 7) is 3.61. The van der Waals surface area contributed by atoms with E-state index in [0.29, 0.717) is 29.2 Å². The van der Waals surface area contributed by atoms with Crippen molar-refractivity contribution >= 4 is 33.6 Å². The van der Waals surface area contributed by atoms with Gasteiger partial charge in [0.05, 0.1) is 11.3 Å². The Bertz CT molecular complexity index is 548. The van der Waals surface area contributed by atoms with Crippen LogP contribution < -0.4 is 5.32 Å². The number of carboxylic acids is 1. The fourth-order valence-corrected chi connectivity index (χ4v) is 2.95. The average molecular weight is 355 g/mol. The number of halogens is 1. The number of nitrogens with one attached hydrogen (secondary N) is 1. The number of anilines is 1. The molecule has 114 valence electrons. The fourth-order valence-electron chi connectivity index (χ4n) is 2.48. The maximum absolute atomic E-state index is 12.4. The maximum Gasteiger partial charge on any atom is 0.337 e. The first-order valence-electron chi connectivity index (χ1n) is 7.06. The molecule has 1 unspecified atom stereocenters. The van der Waals surface area contributed by atoms with Crippen molar-refractivity contribution in [2.45, 2.75) is 26.2 Å². The highest BCUT2D eigenvalue weighted by molar-refractivity contribution is 9.10. The number of urea groups is 1. The summed E-state index contributed by atoms with van der Waals surface area (Å²) in [5, 5.41) is 11.9. The molecule has 1 atom stereocenters. The van der Waals surface area contributed by atoms with Crippen molar-refractivity contribution in [3.63, 3.8) is 0 Å². The molecule has 0 aliphatic carbocycles. The molecule has 1 saturated heterocycles. The van der Waals surface area contributed by atoms with Crippen LogP contribution in [0.25, 0.3) is 0 Å². The number of para-hydroxylation sites is 1. The molecule has 0 radical (unpaired) electrons. The lowest BCUT2D eigenvalue weighted by Gasteiger charge is -2.22. The summed E-state index contributed by atoms with van der Waals surface area (Å²) >= 11 is 3.30. The zero-order valence-corrected chi connectivity index (χ0v) is 13.5. The molecule has 1 aromatic rings. The van der Waals surface area contributed by atoms with Gasteiger partial charge in [-0.25, -0.2) is 9.59 Å². The lowest BCUT2D eigenvalue weighted by molar-refractivity contribution is 0.0698. The Labute approximate surface area is 132 Å². The Hall–Kier alpha value is -1.56. The van der Waals surface area contributed by atoms with Crippen molar-refractivity contribution in [2.24, 2.45) is 5.92 Å². The Morgan fingerprint density at radius 3 is 2.81 bits per heavy atom. The average Bonchev–Trinajstić information content (AvgIpc) is 2.65. The standard InChI is InChI=1S/C15H19BrN2O3/c1-10-4-3-8-18(9-7-10)15(21)17-13-11(14(19)20)5-2-6-12(13)16/h2,5-6,10H,3-4,7-9H2,1H3,(H,17,21)(H,19,20). The number of carbonyl (C=O) groups excluding carboxylic acids is 1. The van der Waals surface area contributed by atoms with Gasteiger partial charge in [-0.15, -0.1) is 0 Å². The Kier molecular flexibility index (Phi) is 5.22. The number of carboxylic acid groups (broad SMARTS) is 1. The molecule has 0 bridgehead atoms. The van der Waals surface area contributed by atoms with Crippen molar-refractivity contribution in [2.75, 3.05) is 18.4 Å². The largest absolute Gasteiger partial charge is 0.478 e. The number of hydrogen-bond acceptors (Lipinski definition) is 2. The minimum Gasteiger partial charge on any atom is -0.478 e. The van der Waals surface area contributed by atoms with E-state index in [2.05, 4.69) is 28.2 Å². The number of likely N-dealkylation sites (tertiary alicyclic amines) is 1. The van der Waals surface area contributed by atoms with E-state index in [0.717, 1.165) is 19.3 Å². The van der Waals surface area contributed by atoms with Gasteiger partial charge in [0.2, 0.25) is 0 Å². The first-order chi connectivity index (χ1) is 9.99. The summed E-state index contributed by atoms with van der Waals surface area (Å²) in [7, 11) is 0. The Morgan fingerprint density at radius 2 is 2.10 bits per heavy atom. The van der Waals surface area contributed by atoms with E-state index in [-0.39, 0.29) is 11.6 Å². The molecule has 1 aliphatic heterocycles. The number of hydrogen-bond donors (Lipinski definition) is 2. The molecule has 1 aliphatic rings. The Morgan fingerprint density at radius 1 is 1.33 bits per heavy atom. The Balaban J connectivity index is 2.14. The highest BCUT2D eigenvalue weighted by Gasteiger charge is 2.21. The number of carbonyl (C=O) groups is 2. The molecule has 1 aromatic carbocycles. The van der Waals surface area contributed by atoms with Gasteiger partial charge in [0.15, 0.2) is 0 Å². The van der Waals surface area contributed by atoms with Gasteiger partial charge in [0.1, 0.15) is 0 Å². The molecular weight excluding hydrogens is 336 g/mol. The molecule has 2 N–H and O–H groups in total. The van der Waals surface area contributed by atoms with Gasteiger partial charge in [0, 0.05) is 17.6 Å². The van der Waals surface area contributed by atoms with E-state index in [4.69, 9.17) is 0 Å². The molecule has 1 fully saturated rings. The first-order valence-corrected chi connectivity index (χ1v) is 7.86. The van der Waals surface area contributed by atoms with Crippen LogP contribution in [0.1, 0.15) is 36.5 Å². The summed E-state index contributed by atoms with van der Waals surface area (Å²) in [5.41, 5.74) is 0.396. The summed E-state index contributed by atoms with van der Waals surface area (Å²) < 4.78 is 0.568. The first kappa shape index (κ1) is 15.8. The van der Waals surface area contributed by atoms with Crippen molar-refractivity contribution in [1.29, 1.82) is 0 Å². The third-order valence-corrected chi connectivity index (χ3v) is 4.44. The topological polar surface area (TPSA) is 69.6 Å². The molecule has 21 heavy (non-hydrogen) atoms. The van der Waals surface area contributed by atoms with E-state index in [1.54, 1.807) is 17.0 Å². The van der Waals surface area contributed by atoms with Crippen LogP contribution in [-0.2, 0) is 0 Å². The summed E-state index contributed by atoms with van der Waals surface area (Å²) in [5.74, 6) is -0.433. The quantitative estimate of drug-likeness (QED) is 0.848. The van der Waals surface area contributed by atoms with Crippen LogP contribution in [0.2, 0.25) is 0 Å². The third kappa shape index (κ3) is 3.97. The smallest absolute Gasteiger partial charge is 0.337 e. The third-order valence-electron chi connectivity index (χ3n) is 3.78. The predicted octanol–water partition coefficient (Wildman–Crippen LogP) is 3.80. The molecule has 0 aromatic heterocycles.